The number of hydrogen-bond acceptors (Lipinski definition) is 3. The van der Waals surface area contributed by atoms with Crippen LogP contribution in [0.25, 0.3) is 0 Å². The molecule has 70 valence electrons. The van der Waals surface area contributed by atoms with E-state index in [4.69, 9.17) is 17.0 Å². The maximum absolute atomic E-state index is 5.52. The molecule has 0 amide bonds. The van der Waals surface area contributed by atoms with Crippen LogP contribution < -0.4 is 4.74 Å². The first-order valence-corrected chi connectivity index (χ1v) is 5.60. The molecule has 13 heavy (non-hydrogen) atoms. The lowest BCUT2D eigenvalue weighted by Gasteiger charge is -2.10. The van der Waals surface area contributed by atoms with Gasteiger partial charge >= 0.3 is 0 Å². The molecule has 0 fully saturated rings. The summed E-state index contributed by atoms with van der Waals surface area (Å²) in [4.78, 5) is 0. The van der Waals surface area contributed by atoms with E-state index in [-0.39, 0.29) is 0 Å². The van der Waals surface area contributed by atoms with E-state index in [9.17, 15) is 0 Å². The highest BCUT2D eigenvalue weighted by molar-refractivity contribution is 8.22. The van der Waals surface area contributed by atoms with E-state index in [2.05, 4.69) is 0 Å². The van der Waals surface area contributed by atoms with Gasteiger partial charge in [0.05, 0.1) is 0 Å². The Kier molecular flexibility index (Phi) is 3.75. The first-order chi connectivity index (χ1) is 6.15. The summed E-state index contributed by atoms with van der Waals surface area (Å²) in [6.07, 6.45) is 1.91. The summed E-state index contributed by atoms with van der Waals surface area (Å²) in [6.45, 7) is 4.04. The number of para-hydroxylation sites is 1. The van der Waals surface area contributed by atoms with E-state index < -0.39 is 0 Å². The van der Waals surface area contributed by atoms with Gasteiger partial charge in [0, 0.05) is 0 Å². The molecule has 0 spiro atoms. The third-order valence-electron chi connectivity index (χ3n) is 1.76. The van der Waals surface area contributed by atoms with Crippen molar-refractivity contribution in [1.82, 2.24) is 0 Å². The summed E-state index contributed by atoms with van der Waals surface area (Å²) >= 11 is 6.44. The molecule has 3 heteroatoms. The SMILES string of the molecule is CSC(=S)Oc1c(C)cccc1C. The largest absolute Gasteiger partial charge is 0.439 e. The number of benzene rings is 1. The molecule has 0 aliphatic rings. The fraction of sp³-hybridized carbons (Fsp3) is 0.300. The third-order valence-corrected chi connectivity index (χ3v) is 2.76. The van der Waals surface area contributed by atoms with Crippen LogP contribution in [0.2, 0.25) is 0 Å². The molecular formula is C10H12OS2. The quantitative estimate of drug-likeness (QED) is 0.661. The number of hydrogen-bond donors (Lipinski definition) is 0. The van der Waals surface area contributed by atoms with Crippen molar-refractivity contribution in [2.45, 2.75) is 13.8 Å². The van der Waals surface area contributed by atoms with Gasteiger partial charge < -0.3 is 4.74 Å². The number of thiocarbonyl (C=S) groups is 1. The van der Waals surface area contributed by atoms with Crippen LogP contribution in [-0.4, -0.2) is 10.6 Å². The lowest BCUT2D eigenvalue weighted by Crippen LogP contribution is -2.02. The zero-order valence-electron chi connectivity index (χ0n) is 7.96. The number of rotatable bonds is 1. The van der Waals surface area contributed by atoms with Gasteiger partial charge in [0.2, 0.25) is 4.38 Å². The number of ether oxygens (including phenoxy) is 1. The van der Waals surface area contributed by atoms with E-state index in [1.54, 1.807) is 0 Å². The normalized spacial score (nSPS) is 9.77. The van der Waals surface area contributed by atoms with Crippen LogP contribution in [0.3, 0.4) is 0 Å². The van der Waals surface area contributed by atoms with Crippen molar-refractivity contribution in [1.29, 1.82) is 0 Å². The van der Waals surface area contributed by atoms with Gasteiger partial charge in [-0.2, -0.15) is 0 Å². The molecule has 0 aliphatic heterocycles. The summed E-state index contributed by atoms with van der Waals surface area (Å²) in [5.74, 6) is 0.891. The fourth-order valence-electron chi connectivity index (χ4n) is 1.09. The highest BCUT2D eigenvalue weighted by Crippen LogP contribution is 2.23. The van der Waals surface area contributed by atoms with Gasteiger partial charge in [-0.05, 0) is 43.4 Å². The molecule has 0 atom stereocenters. The van der Waals surface area contributed by atoms with Crippen molar-refractivity contribution in [3.05, 3.63) is 29.3 Å². The molecular weight excluding hydrogens is 200 g/mol. The van der Waals surface area contributed by atoms with Gasteiger partial charge in [0.15, 0.2) is 0 Å². The van der Waals surface area contributed by atoms with E-state index in [1.807, 2.05) is 38.3 Å². The van der Waals surface area contributed by atoms with Gasteiger partial charge in [-0.3, -0.25) is 0 Å². The molecule has 0 N–H and O–H groups in total. The Hall–Kier alpha value is -0.540. The lowest BCUT2D eigenvalue weighted by atomic mass is 10.1. The molecule has 0 radical (unpaired) electrons. The minimum absolute atomic E-state index is 0.567. The van der Waals surface area contributed by atoms with Crippen molar-refractivity contribution in [3.63, 3.8) is 0 Å². The smallest absolute Gasteiger partial charge is 0.225 e. The Balaban J connectivity index is 2.93. The molecule has 0 saturated heterocycles. The van der Waals surface area contributed by atoms with Crippen LogP contribution >= 0.6 is 24.0 Å². The average molecular weight is 212 g/mol. The average Bonchev–Trinajstić information content (AvgIpc) is 2.11. The van der Waals surface area contributed by atoms with Crippen LogP contribution in [-0.2, 0) is 0 Å². The third kappa shape index (κ3) is 2.71. The van der Waals surface area contributed by atoms with Crippen molar-refractivity contribution in [3.8, 4) is 5.75 Å². The first-order valence-electron chi connectivity index (χ1n) is 3.97. The summed E-state index contributed by atoms with van der Waals surface area (Å²) < 4.78 is 6.09. The van der Waals surface area contributed by atoms with Gasteiger partial charge in [0.25, 0.3) is 0 Å². The number of thioether (sulfide) groups is 1. The summed E-state index contributed by atoms with van der Waals surface area (Å²) in [5, 5.41) is 0. The Labute approximate surface area is 88.5 Å². The predicted octanol–water partition coefficient (Wildman–Crippen LogP) is 3.33. The maximum atomic E-state index is 5.52. The zero-order valence-corrected chi connectivity index (χ0v) is 9.59. The molecule has 0 bridgehead atoms. The highest BCUT2D eigenvalue weighted by Gasteiger charge is 2.05. The molecule has 0 aromatic heterocycles. The Morgan fingerprint density at radius 1 is 1.31 bits per heavy atom. The van der Waals surface area contributed by atoms with E-state index >= 15 is 0 Å². The lowest BCUT2D eigenvalue weighted by molar-refractivity contribution is 0.569. The highest BCUT2D eigenvalue weighted by atomic mass is 32.2. The van der Waals surface area contributed by atoms with Crippen molar-refractivity contribution in [2.24, 2.45) is 0 Å². The Morgan fingerprint density at radius 2 is 1.85 bits per heavy atom. The molecule has 1 aromatic rings. The van der Waals surface area contributed by atoms with Crippen molar-refractivity contribution in [2.75, 3.05) is 6.26 Å². The van der Waals surface area contributed by atoms with Crippen molar-refractivity contribution >= 4 is 28.4 Å². The van der Waals surface area contributed by atoms with Gasteiger partial charge in [-0.1, -0.05) is 30.0 Å². The van der Waals surface area contributed by atoms with E-state index in [1.165, 1.54) is 11.8 Å². The maximum Gasteiger partial charge on any atom is 0.225 e. The molecule has 0 saturated carbocycles. The second-order valence-electron chi connectivity index (χ2n) is 2.78. The minimum atomic E-state index is 0.567. The summed E-state index contributed by atoms with van der Waals surface area (Å²) in [5.41, 5.74) is 2.24. The Bertz CT molecular complexity index is 300. The minimum Gasteiger partial charge on any atom is -0.439 e. The predicted molar refractivity (Wildman–Crippen MR) is 62.7 cm³/mol. The van der Waals surface area contributed by atoms with E-state index in [0.29, 0.717) is 4.38 Å². The Morgan fingerprint density at radius 3 is 2.31 bits per heavy atom. The molecule has 0 unspecified atom stereocenters. The molecule has 1 aromatic carbocycles. The van der Waals surface area contributed by atoms with Gasteiger partial charge in [-0.25, -0.2) is 0 Å². The fourth-order valence-corrected chi connectivity index (χ4v) is 1.34. The van der Waals surface area contributed by atoms with Crippen LogP contribution in [0.4, 0.5) is 0 Å². The summed E-state index contributed by atoms with van der Waals surface area (Å²) in [7, 11) is 0. The van der Waals surface area contributed by atoms with Gasteiger partial charge in [0.1, 0.15) is 5.75 Å². The van der Waals surface area contributed by atoms with Crippen LogP contribution in [0.5, 0.6) is 5.75 Å². The van der Waals surface area contributed by atoms with Crippen LogP contribution in [0.15, 0.2) is 18.2 Å². The zero-order chi connectivity index (χ0) is 9.84. The van der Waals surface area contributed by atoms with Crippen LogP contribution in [0.1, 0.15) is 11.1 Å². The molecule has 1 nitrogen and oxygen atoms in total. The van der Waals surface area contributed by atoms with E-state index in [0.717, 1.165) is 16.9 Å². The van der Waals surface area contributed by atoms with Gasteiger partial charge in [-0.15, -0.1) is 0 Å². The van der Waals surface area contributed by atoms with Crippen LogP contribution in [0, 0.1) is 13.8 Å². The number of aryl methyl sites for hydroxylation is 2. The monoisotopic (exact) mass is 212 g/mol. The molecule has 1 rings (SSSR count). The standard InChI is InChI=1S/C10H12OS2/c1-7-5-4-6-8(2)9(7)11-10(12)13-3/h4-6H,1-3H3. The van der Waals surface area contributed by atoms with Crippen molar-refractivity contribution < 1.29 is 4.74 Å². The second-order valence-corrected chi connectivity index (χ2v) is 4.19. The molecule has 0 aliphatic carbocycles. The first kappa shape index (κ1) is 10.5. The summed E-state index contributed by atoms with van der Waals surface area (Å²) in [6, 6.07) is 6.05. The topological polar surface area (TPSA) is 9.23 Å². The molecule has 0 heterocycles. The second kappa shape index (κ2) is 4.63.